The van der Waals surface area contributed by atoms with Gasteiger partial charge >= 0.3 is 0 Å². The van der Waals surface area contributed by atoms with Crippen LogP contribution in [0.1, 0.15) is 6.92 Å². The second kappa shape index (κ2) is 6.27. The number of piperazine rings is 1. The number of rotatable bonds is 3. The van der Waals surface area contributed by atoms with Gasteiger partial charge in [-0.1, -0.05) is 19.1 Å². The molecule has 6 heteroatoms. The molecule has 1 aliphatic heterocycles. The van der Waals surface area contributed by atoms with Crippen LogP contribution in [0.15, 0.2) is 30.6 Å². The zero-order valence-electron chi connectivity index (χ0n) is 12.7. The largest absolute Gasteiger partial charge is 0.394 e. The molecule has 0 aliphatic carbocycles. The summed E-state index contributed by atoms with van der Waals surface area (Å²) in [5.41, 5.74) is 7.55. The predicted octanol–water partition coefficient (Wildman–Crippen LogP) is 2.01. The fourth-order valence-corrected chi connectivity index (χ4v) is 2.78. The van der Waals surface area contributed by atoms with Crippen molar-refractivity contribution in [3.05, 3.63) is 36.4 Å². The van der Waals surface area contributed by atoms with E-state index in [1.807, 2.05) is 0 Å². The first-order chi connectivity index (χ1) is 10.7. The molecule has 0 atom stereocenters. The van der Waals surface area contributed by atoms with Gasteiger partial charge in [0.15, 0.2) is 5.82 Å². The molecular formula is C16H20FN5. The summed E-state index contributed by atoms with van der Waals surface area (Å²) >= 11 is 0. The van der Waals surface area contributed by atoms with Crippen LogP contribution in [-0.2, 0) is 0 Å². The number of benzene rings is 1. The van der Waals surface area contributed by atoms with Crippen molar-refractivity contribution in [2.75, 3.05) is 43.4 Å². The van der Waals surface area contributed by atoms with Crippen molar-refractivity contribution < 1.29 is 4.39 Å². The highest BCUT2D eigenvalue weighted by Gasteiger charge is 2.21. The smallest absolute Gasteiger partial charge is 0.155 e. The molecule has 1 aromatic carbocycles. The highest BCUT2D eigenvalue weighted by atomic mass is 19.1. The van der Waals surface area contributed by atoms with Gasteiger partial charge in [0.25, 0.3) is 0 Å². The highest BCUT2D eigenvalue weighted by molar-refractivity contribution is 5.81. The lowest BCUT2D eigenvalue weighted by Gasteiger charge is -2.35. The van der Waals surface area contributed by atoms with Gasteiger partial charge in [0.2, 0.25) is 0 Å². The van der Waals surface area contributed by atoms with Gasteiger partial charge < -0.3 is 15.5 Å². The Hall–Kier alpha value is -2.21. The number of nitrogens with zero attached hydrogens (tertiary/aromatic N) is 4. The fourth-order valence-electron chi connectivity index (χ4n) is 2.78. The molecule has 2 N–H and O–H groups in total. The number of hydrogen-bond donors (Lipinski definition) is 1. The van der Waals surface area contributed by atoms with Gasteiger partial charge in [-0.3, -0.25) is 0 Å². The van der Waals surface area contributed by atoms with Crippen molar-refractivity contribution in [2.24, 2.45) is 0 Å². The van der Waals surface area contributed by atoms with E-state index < -0.39 is 0 Å². The molecule has 0 saturated carbocycles. The van der Waals surface area contributed by atoms with E-state index in [0.717, 1.165) is 32.7 Å². The minimum Gasteiger partial charge on any atom is -0.394 e. The first-order valence-corrected chi connectivity index (χ1v) is 7.53. The molecule has 1 aromatic heterocycles. The number of aromatic nitrogens is 2. The monoisotopic (exact) mass is 301 g/mol. The first kappa shape index (κ1) is 14.7. The van der Waals surface area contributed by atoms with Gasteiger partial charge in [0.1, 0.15) is 23.5 Å². The number of likely N-dealkylation sites (N-methyl/N-ethyl adjacent to an activating group) is 1. The van der Waals surface area contributed by atoms with Gasteiger partial charge in [-0.2, -0.15) is 0 Å². The van der Waals surface area contributed by atoms with Gasteiger partial charge in [-0.15, -0.1) is 0 Å². The molecule has 1 aliphatic rings. The lowest BCUT2D eigenvalue weighted by Crippen LogP contribution is -2.46. The van der Waals surface area contributed by atoms with E-state index in [2.05, 4.69) is 26.7 Å². The van der Waals surface area contributed by atoms with Gasteiger partial charge in [0.05, 0.1) is 0 Å². The summed E-state index contributed by atoms with van der Waals surface area (Å²) in [6, 6.07) is 6.53. The standard InChI is InChI=1S/C16H20FN5/c1-2-21-7-9-22(10-8-21)16-14(18)15(19-11-20-16)12-5-3-4-6-13(12)17/h3-6,11H,2,7-10,18H2,1H3. The van der Waals surface area contributed by atoms with Crippen LogP contribution in [-0.4, -0.2) is 47.6 Å². The number of halogens is 1. The molecule has 0 amide bonds. The summed E-state index contributed by atoms with van der Waals surface area (Å²) < 4.78 is 14.0. The van der Waals surface area contributed by atoms with Crippen molar-refractivity contribution in [1.29, 1.82) is 0 Å². The molecule has 3 rings (SSSR count). The summed E-state index contributed by atoms with van der Waals surface area (Å²) in [6.45, 7) is 6.90. The van der Waals surface area contributed by atoms with Crippen LogP contribution in [0.4, 0.5) is 15.9 Å². The molecule has 1 fully saturated rings. The zero-order chi connectivity index (χ0) is 15.5. The lowest BCUT2D eigenvalue weighted by atomic mass is 10.1. The predicted molar refractivity (Wildman–Crippen MR) is 86.2 cm³/mol. The highest BCUT2D eigenvalue weighted by Crippen LogP contribution is 2.31. The molecular weight excluding hydrogens is 281 g/mol. The number of nitrogens with two attached hydrogens (primary N) is 1. The Balaban J connectivity index is 1.92. The lowest BCUT2D eigenvalue weighted by molar-refractivity contribution is 0.270. The maximum absolute atomic E-state index is 14.0. The Morgan fingerprint density at radius 3 is 2.55 bits per heavy atom. The molecule has 0 unspecified atom stereocenters. The molecule has 1 saturated heterocycles. The minimum atomic E-state index is -0.324. The molecule has 0 bridgehead atoms. The third kappa shape index (κ3) is 2.74. The van der Waals surface area contributed by atoms with Crippen molar-refractivity contribution in [3.63, 3.8) is 0 Å². The van der Waals surface area contributed by atoms with Gasteiger partial charge in [-0.05, 0) is 18.7 Å². The van der Waals surface area contributed by atoms with Crippen LogP contribution < -0.4 is 10.6 Å². The second-order valence-electron chi connectivity index (χ2n) is 5.36. The number of anilines is 2. The summed E-state index contributed by atoms with van der Waals surface area (Å²) in [6.07, 6.45) is 1.46. The van der Waals surface area contributed by atoms with E-state index in [1.165, 1.54) is 12.4 Å². The average Bonchev–Trinajstić information content (AvgIpc) is 2.56. The average molecular weight is 301 g/mol. The van der Waals surface area contributed by atoms with Crippen molar-refractivity contribution in [2.45, 2.75) is 6.92 Å². The molecule has 2 aromatic rings. The summed E-state index contributed by atoms with van der Waals surface area (Å²) in [4.78, 5) is 13.0. The summed E-state index contributed by atoms with van der Waals surface area (Å²) in [7, 11) is 0. The van der Waals surface area contributed by atoms with E-state index in [9.17, 15) is 4.39 Å². The maximum atomic E-state index is 14.0. The van der Waals surface area contributed by atoms with Crippen LogP contribution in [0.3, 0.4) is 0 Å². The third-order valence-corrected chi connectivity index (χ3v) is 4.11. The van der Waals surface area contributed by atoms with Crippen molar-refractivity contribution in [3.8, 4) is 11.3 Å². The molecule has 0 radical (unpaired) electrons. The van der Waals surface area contributed by atoms with Crippen LogP contribution in [0, 0.1) is 5.82 Å². The van der Waals surface area contributed by atoms with E-state index >= 15 is 0 Å². The van der Waals surface area contributed by atoms with Gasteiger partial charge in [-0.25, -0.2) is 14.4 Å². The SMILES string of the molecule is CCN1CCN(c2ncnc(-c3ccccc3F)c2N)CC1. The van der Waals surface area contributed by atoms with Crippen LogP contribution >= 0.6 is 0 Å². The fraction of sp³-hybridized carbons (Fsp3) is 0.375. The maximum Gasteiger partial charge on any atom is 0.155 e. The number of nitrogen functional groups attached to an aromatic ring is 1. The van der Waals surface area contributed by atoms with Crippen LogP contribution in [0.2, 0.25) is 0 Å². The number of hydrogen-bond acceptors (Lipinski definition) is 5. The van der Waals surface area contributed by atoms with E-state index in [-0.39, 0.29) is 5.82 Å². The summed E-state index contributed by atoms with van der Waals surface area (Å²) in [5.74, 6) is 0.374. The first-order valence-electron chi connectivity index (χ1n) is 7.53. The zero-order valence-corrected chi connectivity index (χ0v) is 12.7. The third-order valence-electron chi connectivity index (χ3n) is 4.11. The van der Waals surface area contributed by atoms with Crippen LogP contribution in [0.5, 0.6) is 0 Å². The Bertz CT molecular complexity index is 653. The molecule has 0 spiro atoms. The topological polar surface area (TPSA) is 58.3 Å². The quantitative estimate of drug-likeness (QED) is 0.940. The van der Waals surface area contributed by atoms with Crippen molar-refractivity contribution >= 4 is 11.5 Å². The van der Waals surface area contributed by atoms with E-state index in [1.54, 1.807) is 18.2 Å². The second-order valence-corrected chi connectivity index (χ2v) is 5.36. The molecule has 5 nitrogen and oxygen atoms in total. The van der Waals surface area contributed by atoms with Crippen molar-refractivity contribution in [1.82, 2.24) is 14.9 Å². The molecule has 116 valence electrons. The van der Waals surface area contributed by atoms with E-state index in [4.69, 9.17) is 5.73 Å². The Kier molecular flexibility index (Phi) is 4.20. The van der Waals surface area contributed by atoms with Crippen LogP contribution in [0.25, 0.3) is 11.3 Å². The van der Waals surface area contributed by atoms with Gasteiger partial charge in [0, 0.05) is 31.7 Å². The minimum absolute atomic E-state index is 0.324. The normalized spacial score (nSPS) is 16.0. The summed E-state index contributed by atoms with van der Waals surface area (Å²) in [5, 5.41) is 0. The Morgan fingerprint density at radius 2 is 1.86 bits per heavy atom. The Labute approximate surface area is 129 Å². The molecule has 2 heterocycles. The Morgan fingerprint density at radius 1 is 1.14 bits per heavy atom. The van der Waals surface area contributed by atoms with E-state index in [0.29, 0.717) is 22.8 Å². The molecule has 22 heavy (non-hydrogen) atoms.